The third-order valence-corrected chi connectivity index (χ3v) is 5.63. The van der Waals surface area contributed by atoms with Crippen molar-refractivity contribution in [3.63, 3.8) is 0 Å². The van der Waals surface area contributed by atoms with Crippen molar-refractivity contribution < 1.29 is 15.0 Å². The van der Waals surface area contributed by atoms with E-state index in [2.05, 4.69) is 36.5 Å². The number of carbonyl (C=O) groups excluding carboxylic acids is 1. The van der Waals surface area contributed by atoms with Crippen LogP contribution in [0.15, 0.2) is 42.5 Å². The van der Waals surface area contributed by atoms with Crippen LogP contribution in [0.3, 0.4) is 0 Å². The standard InChI is InChI=1S/C28H45NO3/c1-2-3-4-5-6-7-8-9-10-11-12-13-14-15-16-17-18-19-28(32)29-23-22-25-20-21-26(30)27(31)24-25/h6-7,9-10,20-21,24,30-31H,2-5,8,11-19,22-23H2,1H3,(H,29,32)/b7-6+,10-9+. The van der Waals surface area contributed by atoms with Gasteiger partial charge in [-0.2, -0.15) is 0 Å². The van der Waals surface area contributed by atoms with Gasteiger partial charge in [0.1, 0.15) is 0 Å². The fraction of sp³-hybridized carbons (Fsp3) is 0.607. The summed E-state index contributed by atoms with van der Waals surface area (Å²) in [6, 6.07) is 4.76. The maximum Gasteiger partial charge on any atom is 0.220 e. The van der Waals surface area contributed by atoms with E-state index in [1.165, 1.54) is 76.3 Å². The minimum absolute atomic E-state index is 0.0931. The summed E-state index contributed by atoms with van der Waals surface area (Å²) in [7, 11) is 0. The number of aromatic hydroxyl groups is 2. The molecule has 1 amide bonds. The zero-order valence-corrected chi connectivity index (χ0v) is 20.2. The molecule has 1 aromatic carbocycles. The topological polar surface area (TPSA) is 69.6 Å². The van der Waals surface area contributed by atoms with Crippen LogP contribution >= 0.6 is 0 Å². The molecule has 0 aliphatic heterocycles. The van der Waals surface area contributed by atoms with Gasteiger partial charge in [-0.25, -0.2) is 0 Å². The van der Waals surface area contributed by atoms with E-state index in [9.17, 15) is 15.0 Å². The van der Waals surface area contributed by atoms with E-state index in [4.69, 9.17) is 0 Å². The molecule has 1 aromatic rings. The summed E-state index contributed by atoms with van der Waals surface area (Å²) in [5, 5.41) is 21.7. The molecule has 4 heteroatoms. The van der Waals surface area contributed by atoms with Gasteiger partial charge in [-0.05, 0) is 62.6 Å². The molecule has 0 fully saturated rings. The number of hydrogen-bond acceptors (Lipinski definition) is 3. The molecule has 0 atom stereocenters. The molecule has 0 spiro atoms. The predicted molar refractivity (Wildman–Crippen MR) is 135 cm³/mol. The normalized spacial score (nSPS) is 11.5. The molecule has 0 saturated carbocycles. The van der Waals surface area contributed by atoms with Crippen molar-refractivity contribution in [3.05, 3.63) is 48.1 Å². The fourth-order valence-electron chi connectivity index (χ4n) is 3.61. The van der Waals surface area contributed by atoms with Gasteiger partial charge in [-0.1, -0.05) is 82.2 Å². The number of unbranched alkanes of at least 4 members (excludes halogenated alkanes) is 10. The first-order valence-corrected chi connectivity index (χ1v) is 12.7. The van der Waals surface area contributed by atoms with E-state index in [1.807, 2.05) is 0 Å². The van der Waals surface area contributed by atoms with E-state index in [-0.39, 0.29) is 17.4 Å². The second-order valence-corrected chi connectivity index (χ2v) is 8.61. The monoisotopic (exact) mass is 443 g/mol. The number of nitrogens with one attached hydrogen (secondary N) is 1. The minimum atomic E-state index is -0.119. The molecule has 0 aromatic heterocycles. The van der Waals surface area contributed by atoms with Crippen LogP contribution in [0.1, 0.15) is 102 Å². The molecule has 0 bridgehead atoms. The van der Waals surface area contributed by atoms with Crippen LogP contribution in [0.25, 0.3) is 0 Å². The lowest BCUT2D eigenvalue weighted by atomic mass is 10.1. The van der Waals surface area contributed by atoms with Crippen molar-refractivity contribution >= 4 is 5.91 Å². The van der Waals surface area contributed by atoms with E-state index < -0.39 is 0 Å². The molecule has 1 rings (SSSR count). The zero-order valence-electron chi connectivity index (χ0n) is 20.2. The number of rotatable bonds is 19. The zero-order chi connectivity index (χ0) is 23.3. The van der Waals surface area contributed by atoms with Crippen molar-refractivity contribution in [1.29, 1.82) is 0 Å². The Balaban J connectivity index is 1.86. The van der Waals surface area contributed by atoms with Gasteiger partial charge < -0.3 is 15.5 Å². The van der Waals surface area contributed by atoms with Crippen molar-refractivity contribution in [2.75, 3.05) is 6.54 Å². The molecule has 0 aliphatic carbocycles. The highest BCUT2D eigenvalue weighted by Gasteiger charge is 2.03. The SMILES string of the molecule is CCCCC/C=C/C/C=C/CCCCCCCCCC(=O)NCCc1ccc(O)c(O)c1. The van der Waals surface area contributed by atoms with Crippen molar-refractivity contribution in [1.82, 2.24) is 5.32 Å². The van der Waals surface area contributed by atoms with E-state index in [0.717, 1.165) is 24.8 Å². The van der Waals surface area contributed by atoms with Crippen LogP contribution in [0.2, 0.25) is 0 Å². The number of allylic oxidation sites excluding steroid dienone is 4. The lowest BCUT2D eigenvalue weighted by molar-refractivity contribution is -0.121. The van der Waals surface area contributed by atoms with Gasteiger partial charge in [-0.3, -0.25) is 4.79 Å². The first kappa shape index (κ1) is 27.8. The van der Waals surface area contributed by atoms with Gasteiger partial charge in [0.05, 0.1) is 0 Å². The Hall–Kier alpha value is -2.23. The maximum atomic E-state index is 11.9. The number of hydrogen-bond donors (Lipinski definition) is 3. The Morgan fingerprint density at radius 3 is 2.09 bits per heavy atom. The van der Waals surface area contributed by atoms with Crippen molar-refractivity contribution in [3.8, 4) is 11.5 Å². The first-order chi connectivity index (χ1) is 15.6. The molecule has 0 heterocycles. The van der Waals surface area contributed by atoms with Crippen LogP contribution in [-0.4, -0.2) is 22.7 Å². The highest BCUT2D eigenvalue weighted by Crippen LogP contribution is 2.24. The average molecular weight is 444 g/mol. The van der Waals surface area contributed by atoms with Crippen LogP contribution in [-0.2, 0) is 11.2 Å². The van der Waals surface area contributed by atoms with E-state index >= 15 is 0 Å². The van der Waals surface area contributed by atoms with Gasteiger partial charge in [0, 0.05) is 13.0 Å². The molecule has 0 unspecified atom stereocenters. The number of phenolic OH excluding ortho intramolecular Hbond substituents is 2. The van der Waals surface area contributed by atoms with Crippen LogP contribution < -0.4 is 5.32 Å². The lowest BCUT2D eigenvalue weighted by Gasteiger charge is -2.06. The van der Waals surface area contributed by atoms with E-state index in [1.54, 1.807) is 6.07 Å². The van der Waals surface area contributed by atoms with Gasteiger partial charge in [0.25, 0.3) is 0 Å². The Morgan fingerprint density at radius 1 is 0.812 bits per heavy atom. The highest BCUT2D eigenvalue weighted by molar-refractivity contribution is 5.75. The Bertz CT molecular complexity index is 667. The first-order valence-electron chi connectivity index (χ1n) is 12.7. The summed E-state index contributed by atoms with van der Waals surface area (Å²) in [4.78, 5) is 11.9. The molecular formula is C28H45NO3. The average Bonchev–Trinajstić information content (AvgIpc) is 2.78. The summed E-state index contributed by atoms with van der Waals surface area (Å²) in [6.07, 6.45) is 26.2. The third-order valence-electron chi connectivity index (χ3n) is 5.63. The number of amides is 1. The Morgan fingerprint density at radius 2 is 1.44 bits per heavy atom. The molecule has 4 nitrogen and oxygen atoms in total. The van der Waals surface area contributed by atoms with Crippen LogP contribution in [0.4, 0.5) is 0 Å². The largest absolute Gasteiger partial charge is 0.504 e. The van der Waals surface area contributed by atoms with Gasteiger partial charge in [0.2, 0.25) is 5.91 Å². The molecule has 0 radical (unpaired) electrons. The summed E-state index contributed by atoms with van der Waals surface area (Å²) in [6.45, 7) is 2.79. The van der Waals surface area contributed by atoms with Gasteiger partial charge in [0.15, 0.2) is 11.5 Å². The summed E-state index contributed by atoms with van der Waals surface area (Å²) < 4.78 is 0. The fourth-order valence-corrected chi connectivity index (χ4v) is 3.61. The summed E-state index contributed by atoms with van der Waals surface area (Å²) in [5.41, 5.74) is 0.894. The third kappa shape index (κ3) is 15.6. The Labute approximate surface area is 195 Å². The maximum absolute atomic E-state index is 11.9. The second kappa shape index (κ2) is 19.5. The van der Waals surface area contributed by atoms with Crippen molar-refractivity contribution in [2.45, 2.75) is 103 Å². The smallest absolute Gasteiger partial charge is 0.220 e. The summed E-state index contributed by atoms with van der Waals surface area (Å²) >= 11 is 0. The second-order valence-electron chi connectivity index (χ2n) is 8.61. The molecule has 0 aliphatic rings. The van der Waals surface area contributed by atoms with Gasteiger partial charge >= 0.3 is 0 Å². The highest BCUT2D eigenvalue weighted by atomic mass is 16.3. The van der Waals surface area contributed by atoms with Crippen molar-refractivity contribution in [2.24, 2.45) is 0 Å². The molecule has 180 valence electrons. The summed E-state index contributed by atoms with van der Waals surface area (Å²) in [5.74, 6) is -0.145. The van der Waals surface area contributed by atoms with Crippen LogP contribution in [0, 0.1) is 0 Å². The quantitative estimate of drug-likeness (QED) is 0.119. The van der Waals surface area contributed by atoms with Crippen LogP contribution in [0.5, 0.6) is 11.5 Å². The van der Waals surface area contributed by atoms with E-state index in [0.29, 0.717) is 19.4 Å². The number of phenols is 2. The van der Waals surface area contributed by atoms with Gasteiger partial charge in [-0.15, -0.1) is 0 Å². The predicted octanol–water partition coefficient (Wildman–Crippen LogP) is 7.35. The minimum Gasteiger partial charge on any atom is -0.504 e. The Kier molecular flexibility index (Phi) is 16.9. The number of benzene rings is 1. The lowest BCUT2D eigenvalue weighted by Crippen LogP contribution is -2.25. The number of carbonyl (C=O) groups is 1. The molecular weight excluding hydrogens is 398 g/mol. The molecule has 32 heavy (non-hydrogen) atoms. The molecule has 3 N–H and O–H groups in total. The molecule has 0 saturated heterocycles.